The first-order valence-electron chi connectivity index (χ1n) is 3.12. The third-order valence-corrected chi connectivity index (χ3v) is 1.31. The average molecular weight is 175 g/mol. The summed E-state index contributed by atoms with van der Waals surface area (Å²) in [6.07, 6.45) is 2.71. The van der Waals surface area contributed by atoms with E-state index < -0.39 is 6.10 Å². The van der Waals surface area contributed by atoms with Crippen molar-refractivity contribution in [3.05, 3.63) is 30.1 Å². The van der Waals surface area contributed by atoms with Crippen LogP contribution in [-0.4, -0.2) is 16.6 Å². The fourth-order valence-corrected chi connectivity index (χ4v) is 0.722. The topological polar surface area (TPSA) is 59.1 Å². The highest BCUT2D eigenvalue weighted by molar-refractivity contribution is 5.85. The van der Waals surface area contributed by atoms with E-state index in [2.05, 4.69) is 4.98 Å². The fraction of sp³-hybridized carbons (Fsp3) is 0.286. The van der Waals surface area contributed by atoms with E-state index in [9.17, 15) is 5.11 Å². The lowest BCUT2D eigenvalue weighted by Gasteiger charge is -2.05. The van der Waals surface area contributed by atoms with Crippen LogP contribution in [0.5, 0.6) is 0 Å². The normalized spacial score (nSPS) is 11.8. The number of aliphatic hydroxyl groups excluding tert-OH is 1. The summed E-state index contributed by atoms with van der Waals surface area (Å²) >= 11 is 0. The summed E-state index contributed by atoms with van der Waals surface area (Å²) in [4.78, 5) is 3.81. The van der Waals surface area contributed by atoms with Crippen molar-refractivity contribution in [2.24, 2.45) is 5.73 Å². The summed E-state index contributed by atoms with van der Waals surface area (Å²) < 4.78 is 0. The molecule has 1 atom stereocenters. The molecule has 0 radical (unpaired) electrons. The number of halogens is 1. The molecule has 4 heteroatoms. The molecule has 0 aromatic carbocycles. The van der Waals surface area contributed by atoms with Gasteiger partial charge < -0.3 is 10.8 Å². The maximum atomic E-state index is 9.18. The number of nitrogens with two attached hydrogens (primary N) is 1. The average Bonchev–Trinajstić information content (AvgIpc) is 2.05. The molecule has 0 saturated heterocycles. The summed E-state index contributed by atoms with van der Waals surface area (Å²) in [6.45, 7) is 0.254. The SMILES string of the molecule is Cl.NCC(O)c1ccncc1. The van der Waals surface area contributed by atoms with Crippen LogP contribution >= 0.6 is 12.4 Å². The smallest absolute Gasteiger partial charge is 0.0913 e. The van der Waals surface area contributed by atoms with Crippen molar-refractivity contribution in [3.63, 3.8) is 0 Å². The van der Waals surface area contributed by atoms with Gasteiger partial charge in [0, 0.05) is 18.9 Å². The standard InChI is InChI=1S/C7H10N2O.ClH/c8-5-7(10)6-1-3-9-4-2-6;/h1-4,7,10H,5,8H2;1H. The molecule has 0 bridgehead atoms. The lowest BCUT2D eigenvalue weighted by molar-refractivity contribution is 0.186. The molecule has 0 fully saturated rings. The van der Waals surface area contributed by atoms with Crippen LogP contribution in [0.15, 0.2) is 24.5 Å². The van der Waals surface area contributed by atoms with Gasteiger partial charge in [-0.05, 0) is 17.7 Å². The van der Waals surface area contributed by atoms with Crippen molar-refractivity contribution >= 4 is 12.4 Å². The fourth-order valence-electron chi connectivity index (χ4n) is 0.722. The lowest BCUT2D eigenvalue weighted by atomic mass is 10.1. The summed E-state index contributed by atoms with van der Waals surface area (Å²) in [5.41, 5.74) is 6.05. The van der Waals surface area contributed by atoms with Gasteiger partial charge in [-0.1, -0.05) is 0 Å². The largest absolute Gasteiger partial charge is 0.387 e. The van der Waals surface area contributed by atoms with Crippen molar-refractivity contribution < 1.29 is 5.11 Å². The van der Waals surface area contributed by atoms with E-state index in [4.69, 9.17) is 5.73 Å². The van der Waals surface area contributed by atoms with Gasteiger partial charge in [-0.25, -0.2) is 0 Å². The van der Waals surface area contributed by atoms with Gasteiger partial charge in [0.15, 0.2) is 0 Å². The van der Waals surface area contributed by atoms with Crippen molar-refractivity contribution in [1.82, 2.24) is 4.98 Å². The molecule has 1 heterocycles. The van der Waals surface area contributed by atoms with Crippen LogP contribution in [-0.2, 0) is 0 Å². The molecule has 0 spiro atoms. The Morgan fingerprint density at radius 3 is 2.45 bits per heavy atom. The quantitative estimate of drug-likeness (QED) is 0.687. The van der Waals surface area contributed by atoms with E-state index in [1.54, 1.807) is 24.5 Å². The molecular weight excluding hydrogens is 164 g/mol. The van der Waals surface area contributed by atoms with E-state index in [0.29, 0.717) is 0 Å². The van der Waals surface area contributed by atoms with Crippen LogP contribution < -0.4 is 5.73 Å². The Morgan fingerprint density at radius 1 is 1.45 bits per heavy atom. The van der Waals surface area contributed by atoms with Crippen LogP contribution in [0.3, 0.4) is 0 Å². The van der Waals surface area contributed by atoms with Crippen molar-refractivity contribution in [3.8, 4) is 0 Å². The second-order valence-electron chi connectivity index (χ2n) is 2.03. The molecule has 0 aliphatic carbocycles. The van der Waals surface area contributed by atoms with Gasteiger partial charge in [-0.15, -0.1) is 12.4 Å². The van der Waals surface area contributed by atoms with Crippen molar-refractivity contribution in [2.75, 3.05) is 6.54 Å². The summed E-state index contributed by atoms with van der Waals surface area (Å²) in [5, 5.41) is 9.18. The highest BCUT2D eigenvalue weighted by Crippen LogP contribution is 2.07. The van der Waals surface area contributed by atoms with Crippen LogP contribution in [0.25, 0.3) is 0 Å². The number of hydrogen-bond donors (Lipinski definition) is 2. The lowest BCUT2D eigenvalue weighted by Crippen LogP contribution is -2.11. The third-order valence-electron chi connectivity index (χ3n) is 1.31. The molecule has 0 aliphatic heterocycles. The molecular formula is C7H11ClN2O. The zero-order valence-electron chi connectivity index (χ0n) is 5.97. The number of hydrogen-bond acceptors (Lipinski definition) is 3. The molecule has 1 aromatic heterocycles. The van der Waals surface area contributed by atoms with Crippen molar-refractivity contribution in [2.45, 2.75) is 6.10 Å². The molecule has 0 aliphatic rings. The molecule has 3 N–H and O–H groups in total. The monoisotopic (exact) mass is 174 g/mol. The molecule has 0 saturated carbocycles. The van der Waals surface area contributed by atoms with E-state index in [1.165, 1.54) is 0 Å². The summed E-state index contributed by atoms with van der Waals surface area (Å²) in [7, 11) is 0. The Labute approximate surface area is 71.7 Å². The number of nitrogens with zero attached hydrogens (tertiary/aromatic N) is 1. The Hall–Kier alpha value is -0.640. The molecule has 11 heavy (non-hydrogen) atoms. The Bertz CT molecular complexity index is 193. The van der Waals surface area contributed by atoms with E-state index >= 15 is 0 Å². The van der Waals surface area contributed by atoms with Crippen LogP contribution in [0.1, 0.15) is 11.7 Å². The highest BCUT2D eigenvalue weighted by atomic mass is 35.5. The third kappa shape index (κ3) is 2.84. The number of pyridine rings is 1. The second kappa shape index (κ2) is 5.07. The summed E-state index contributed by atoms with van der Waals surface area (Å²) in [6, 6.07) is 3.50. The van der Waals surface area contributed by atoms with Gasteiger partial charge in [0.2, 0.25) is 0 Å². The first kappa shape index (κ1) is 10.4. The number of aliphatic hydroxyl groups is 1. The first-order valence-corrected chi connectivity index (χ1v) is 3.12. The van der Waals surface area contributed by atoms with E-state index in [0.717, 1.165) is 5.56 Å². The Kier molecular flexibility index (Phi) is 4.77. The van der Waals surface area contributed by atoms with Gasteiger partial charge in [-0.3, -0.25) is 4.98 Å². The molecule has 62 valence electrons. The van der Waals surface area contributed by atoms with Gasteiger partial charge in [0.1, 0.15) is 0 Å². The van der Waals surface area contributed by atoms with Gasteiger partial charge >= 0.3 is 0 Å². The Balaban J connectivity index is 0.000001000. The molecule has 3 nitrogen and oxygen atoms in total. The summed E-state index contributed by atoms with van der Waals surface area (Å²) in [5.74, 6) is 0. The predicted octanol–water partition coefficient (Wildman–Crippen LogP) is 0.496. The van der Waals surface area contributed by atoms with Gasteiger partial charge in [0.05, 0.1) is 6.10 Å². The maximum Gasteiger partial charge on any atom is 0.0913 e. The van der Waals surface area contributed by atoms with Crippen molar-refractivity contribution in [1.29, 1.82) is 0 Å². The zero-order chi connectivity index (χ0) is 7.40. The minimum Gasteiger partial charge on any atom is -0.387 e. The molecule has 1 unspecified atom stereocenters. The van der Waals surface area contributed by atoms with Crippen LogP contribution in [0.4, 0.5) is 0 Å². The first-order chi connectivity index (χ1) is 4.84. The molecule has 0 amide bonds. The molecule has 1 rings (SSSR count). The van der Waals surface area contributed by atoms with E-state index in [-0.39, 0.29) is 19.0 Å². The zero-order valence-corrected chi connectivity index (χ0v) is 6.79. The second-order valence-corrected chi connectivity index (χ2v) is 2.03. The molecule has 1 aromatic rings. The van der Waals surface area contributed by atoms with Crippen LogP contribution in [0.2, 0.25) is 0 Å². The van der Waals surface area contributed by atoms with Crippen LogP contribution in [0, 0.1) is 0 Å². The van der Waals surface area contributed by atoms with E-state index in [1.807, 2.05) is 0 Å². The highest BCUT2D eigenvalue weighted by Gasteiger charge is 2.01. The maximum absolute atomic E-state index is 9.18. The number of aromatic nitrogens is 1. The number of rotatable bonds is 2. The Morgan fingerprint density at radius 2 is 2.00 bits per heavy atom. The van der Waals surface area contributed by atoms with Gasteiger partial charge in [-0.2, -0.15) is 0 Å². The minimum absolute atomic E-state index is 0. The minimum atomic E-state index is -0.553. The van der Waals surface area contributed by atoms with Gasteiger partial charge in [0.25, 0.3) is 0 Å². The predicted molar refractivity (Wildman–Crippen MR) is 45.5 cm³/mol.